The lowest BCUT2D eigenvalue weighted by Gasteiger charge is -2.31. The van der Waals surface area contributed by atoms with Crippen LogP contribution < -0.4 is 21.7 Å². The summed E-state index contributed by atoms with van der Waals surface area (Å²) in [5.74, 6) is -2.47. The molecule has 1 fully saturated rings. The Bertz CT molecular complexity index is 1020. The number of hydrogen-bond acceptors (Lipinski definition) is 6. The number of hydrogen-bond donors (Lipinski definition) is 3. The van der Waals surface area contributed by atoms with E-state index in [-0.39, 0.29) is 38.9 Å². The van der Waals surface area contributed by atoms with Gasteiger partial charge in [-0.05, 0) is 49.0 Å². The van der Waals surface area contributed by atoms with Crippen molar-refractivity contribution in [2.45, 2.75) is 57.5 Å². The Hall–Kier alpha value is -2.72. The van der Waals surface area contributed by atoms with Crippen molar-refractivity contribution in [2.24, 2.45) is 5.73 Å². The zero-order valence-electron chi connectivity index (χ0n) is 17.6. The number of nitrogen functional groups attached to an aromatic ring is 1. The molecule has 1 aliphatic rings. The lowest BCUT2D eigenvalue weighted by atomic mass is 10.1. The first kappa shape index (κ1) is 23.9. The van der Waals surface area contributed by atoms with Crippen LogP contribution in [-0.4, -0.2) is 34.2 Å². The van der Waals surface area contributed by atoms with Crippen LogP contribution in [-0.2, 0) is 4.79 Å². The molecule has 8 nitrogen and oxygen atoms in total. The molecule has 1 aromatic carbocycles. The normalized spacial score (nSPS) is 14.8. The van der Waals surface area contributed by atoms with E-state index in [1.807, 2.05) is 6.92 Å². The van der Waals surface area contributed by atoms with Crippen molar-refractivity contribution < 1.29 is 18.8 Å². The van der Waals surface area contributed by atoms with E-state index in [2.05, 4.69) is 9.69 Å². The van der Waals surface area contributed by atoms with Gasteiger partial charge >= 0.3 is 0 Å². The van der Waals surface area contributed by atoms with Gasteiger partial charge in [-0.25, -0.2) is 4.39 Å². The minimum Gasteiger partial charge on any atom is -0.395 e. The Morgan fingerprint density at radius 2 is 2.03 bits per heavy atom. The second-order valence-electron chi connectivity index (χ2n) is 7.71. The molecular formula is C21H25ClFN5O3S. The average Bonchev–Trinajstić information content (AvgIpc) is 3.39. The molecule has 5 N–H and O–H groups in total. The molecule has 1 atom stereocenters. The van der Waals surface area contributed by atoms with E-state index < -0.39 is 23.7 Å². The summed E-state index contributed by atoms with van der Waals surface area (Å²) in [5.41, 5.74) is 11.1. The van der Waals surface area contributed by atoms with E-state index in [4.69, 9.17) is 23.1 Å². The number of nitrogens with one attached hydrogen (secondary N) is 1. The maximum absolute atomic E-state index is 13.8. The number of anilines is 2. The first-order chi connectivity index (χ1) is 15.2. The van der Waals surface area contributed by atoms with E-state index in [9.17, 15) is 18.8 Å². The van der Waals surface area contributed by atoms with Crippen LogP contribution in [0.15, 0.2) is 18.2 Å². The van der Waals surface area contributed by atoms with Gasteiger partial charge in [0.2, 0.25) is 5.91 Å². The van der Waals surface area contributed by atoms with E-state index in [0.717, 1.165) is 43.3 Å². The third-order valence-electron chi connectivity index (χ3n) is 5.43. The second kappa shape index (κ2) is 10.3. The molecule has 32 heavy (non-hydrogen) atoms. The molecule has 0 bridgehead atoms. The lowest BCUT2D eigenvalue weighted by Crippen LogP contribution is -2.51. The number of benzene rings is 1. The minimum atomic E-state index is -0.895. The molecule has 1 saturated carbocycles. The van der Waals surface area contributed by atoms with Crippen LogP contribution in [0.1, 0.15) is 65.6 Å². The fraction of sp³-hybridized carbons (Fsp3) is 0.429. The number of primary amides is 1. The number of nitrogens with two attached hydrogens (primary N) is 2. The number of halogens is 2. The number of aromatic nitrogens is 1. The monoisotopic (exact) mass is 481 g/mol. The van der Waals surface area contributed by atoms with Gasteiger partial charge in [-0.2, -0.15) is 4.37 Å². The zero-order valence-corrected chi connectivity index (χ0v) is 19.1. The molecule has 0 saturated heterocycles. The van der Waals surface area contributed by atoms with Crippen LogP contribution in [0.2, 0.25) is 5.02 Å². The molecule has 0 unspecified atom stereocenters. The summed E-state index contributed by atoms with van der Waals surface area (Å²) in [6.45, 7) is 1.89. The van der Waals surface area contributed by atoms with Crippen LogP contribution in [0.3, 0.4) is 0 Å². The quantitative estimate of drug-likeness (QED) is 0.531. The van der Waals surface area contributed by atoms with Crippen molar-refractivity contribution in [1.29, 1.82) is 0 Å². The largest absolute Gasteiger partial charge is 0.395 e. The van der Waals surface area contributed by atoms with Crippen molar-refractivity contribution >= 4 is 52.2 Å². The maximum Gasteiger partial charge on any atom is 0.272 e. The van der Waals surface area contributed by atoms with E-state index >= 15 is 0 Å². The van der Waals surface area contributed by atoms with Crippen molar-refractivity contribution in [2.75, 3.05) is 10.6 Å². The number of amides is 3. The Morgan fingerprint density at radius 1 is 1.34 bits per heavy atom. The van der Waals surface area contributed by atoms with Crippen LogP contribution in [0, 0.1) is 5.82 Å². The van der Waals surface area contributed by atoms with Crippen molar-refractivity contribution in [3.63, 3.8) is 0 Å². The summed E-state index contributed by atoms with van der Waals surface area (Å²) in [5, 5.41) is 2.83. The van der Waals surface area contributed by atoms with Gasteiger partial charge in [0.1, 0.15) is 16.7 Å². The smallest absolute Gasteiger partial charge is 0.272 e. The number of nitrogens with zero attached hydrogens (tertiary/aromatic N) is 2. The van der Waals surface area contributed by atoms with Gasteiger partial charge in [0.25, 0.3) is 11.8 Å². The number of rotatable bonds is 8. The molecule has 172 valence electrons. The van der Waals surface area contributed by atoms with Gasteiger partial charge in [0.15, 0.2) is 5.69 Å². The minimum absolute atomic E-state index is 0.0333. The maximum atomic E-state index is 13.8. The van der Waals surface area contributed by atoms with Crippen molar-refractivity contribution in [1.82, 2.24) is 9.69 Å². The molecule has 0 spiro atoms. The standard InChI is InChI=1S/C21H25ClFN5O3S/c1-2-5-15(20(30)26-11-6-3-4-7-11)28(12-8-9-14(23)13(22)10-12)21(31)18-16(24)17(19(25)29)27-32-18/h8-11,15H,2-7,24H2,1H3,(H2,25,29)(H,26,30)/t15-/m1/s1. The van der Waals surface area contributed by atoms with E-state index in [1.165, 1.54) is 17.0 Å². The van der Waals surface area contributed by atoms with Crippen LogP contribution >= 0.6 is 23.1 Å². The first-order valence-electron chi connectivity index (χ1n) is 10.4. The summed E-state index contributed by atoms with van der Waals surface area (Å²) < 4.78 is 17.7. The topological polar surface area (TPSA) is 131 Å². The zero-order chi connectivity index (χ0) is 23.4. The molecule has 3 rings (SSSR count). The molecule has 1 aliphatic carbocycles. The highest BCUT2D eigenvalue weighted by atomic mass is 35.5. The fourth-order valence-corrected chi connectivity index (χ4v) is 4.75. The van der Waals surface area contributed by atoms with Gasteiger partial charge in [-0.1, -0.05) is 37.8 Å². The van der Waals surface area contributed by atoms with Crippen molar-refractivity contribution in [3.05, 3.63) is 39.6 Å². The third-order valence-corrected chi connectivity index (χ3v) is 6.57. The summed E-state index contributed by atoms with van der Waals surface area (Å²) in [6, 6.07) is 2.93. The summed E-state index contributed by atoms with van der Waals surface area (Å²) in [4.78, 5) is 39.6. The van der Waals surface area contributed by atoms with Gasteiger partial charge < -0.3 is 16.8 Å². The molecule has 3 amide bonds. The number of carbonyl (C=O) groups is 3. The summed E-state index contributed by atoms with van der Waals surface area (Å²) in [6.07, 6.45) is 4.78. The van der Waals surface area contributed by atoms with E-state index in [1.54, 1.807) is 0 Å². The Morgan fingerprint density at radius 3 is 2.59 bits per heavy atom. The highest BCUT2D eigenvalue weighted by Crippen LogP contribution is 2.31. The highest BCUT2D eigenvalue weighted by molar-refractivity contribution is 7.09. The predicted molar refractivity (Wildman–Crippen MR) is 122 cm³/mol. The number of carbonyl (C=O) groups excluding carboxylic acids is 3. The molecular weight excluding hydrogens is 457 g/mol. The average molecular weight is 482 g/mol. The molecule has 1 heterocycles. The van der Waals surface area contributed by atoms with Crippen molar-refractivity contribution in [3.8, 4) is 0 Å². The molecule has 2 aromatic rings. The van der Waals surface area contributed by atoms with Gasteiger partial charge in [0, 0.05) is 11.7 Å². The Labute approximate surface area is 194 Å². The molecule has 0 aliphatic heterocycles. The summed E-state index contributed by atoms with van der Waals surface area (Å²) >= 11 is 6.69. The first-order valence-corrected chi connectivity index (χ1v) is 11.5. The Kier molecular flexibility index (Phi) is 7.68. The third kappa shape index (κ3) is 5.02. The highest BCUT2D eigenvalue weighted by Gasteiger charge is 2.35. The fourth-order valence-electron chi connectivity index (χ4n) is 3.83. The lowest BCUT2D eigenvalue weighted by molar-refractivity contribution is -0.123. The van der Waals surface area contributed by atoms with Gasteiger partial charge in [-0.3, -0.25) is 19.3 Å². The van der Waals surface area contributed by atoms with E-state index in [0.29, 0.717) is 12.8 Å². The predicted octanol–water partition coefficient (Wildman–Crippen LogP) is 3.49. The van der Waals surface area contributed by atoms with Crippen LogP contribution in [0.25, 0.3) is 0 Å². The van der Waals surface area contributed by atoms with Crippen LogP contribution in [0.5, 0.6) is 0 Å². The second-order valence-corrected chi connectivity index (χ2v) is 8.89. The van der Waals surface area contributed by atoms with Gasteiger partial charge in [-0.15, -0.1) is 0 Å². The summed E-state index contributed by atoms with van der Waals surface area (Å²) in [7, 11) is 0. The molecule has 11 heteroatoms. The SMILES string of the molecule is CCC[C@H](C(=O)NC1CCCC1)N(C(=O)c1snc(C(N)=O)c1N)c1ccc(F)c(Cl)c1. The van der Waals surface area contributed by atoms with Crippen LogP contribution in [0.4, 0.5) is 15.8 Å². The Balaban J connectivity index is 2.05. The molecule has 0 radical (unpaired) electrons. The van der Waals surface area contributed by atoms with Gasteiger partial charge in [0.05, 0.1) is 10.7 Å². The molecule has 1 aromatic heterocycles.